The molecule has 0 aliphatic carbocycles. The Balaban J connectivity index is 2.04. The van der Waals surface area contributed by atoms with E-state index in [4.69, 9.17) is 10.6 Å². The first-order valence-electron chi connectivity index (χ1n) is 5.99. The van der Waals surface area contributed by atoms with Crippen LogP contribution in [0.4, 0.5) is 11.8 Å². The minimum absolute atomic E-state index is 0.319. The molecule has 2 rings (SSSR count). The largest absolute Gasteiger partial charge is 0.376 e. The number of likely N-dealkylation sites (N-methyl/N-ethyl adjacent to an activating group) is 1. The molecular formula is C11H19N5O. The van der Waals surface area contributed by atoms with Crippen LogP contribution < -0.4 is 16.2 Å². The highest BCUT2D eigenvalue weighted by molar-refractivity contribution is 5.42. The van der Waals surface area contributed by atoms with Crippen molar-refractivity contribution in [1.82, 2.24) is 9.97 Å². The van der Waals surface area contributed by atoms with Crippen LogP contribution in [-0.2, 0) is 4.74 Å². The molecular weight excluding hydrogens is 218 g/mol. The van der Waals surface area contributed by atoms with Crippen LogP contribution in [0.2, 0.25) is 0 Å². The first kappa shape index (κ1) is 12.1. The Morgan fingerprint density at radius 2 is 2.53 bits per heavy atom. The van der Waals surface area contributed by atoms with Crippen molar-refractivity contribution in [3.63, 3.8) is 0 Å². The van der Waals surface area contributed by atoms with E-state index in [1.807, 2.05) is 6.07 Å². The predicted octanol–water partition coefficient (Wildman–Crippen LogP) is 0.767. The fourth-order valence-electron chi connectivity index (χ4n) is 2.01. The Morgan fingerprint density at radius 3 is 3.18 bits per heavy atom. The molecule has 1 atom stereocenters. The summed E-state index contributed by atoms with van der Waals surface area (Å²) in [5.41, 5.74) is 2.46. The first-order valence-corrected chi connectivity index (χ1v) is 5.99. The number of nitrogens with two attached hydrogens (primary N) is 1. The van der Waals surface area contributed by atoms with Gasteiger partial charge in [0.1, 0.15) is 5.82 Å². The van der Waals surface area contributed by atoms with Gasteiger partial charge in [-0.3, -0.25) is 5.43 Å². The van der Waals surface area contributed by atoms with Gasteiger partial charge in [-0.25, -0.2) is 10.8 Å². The van der Waals surface area contributed by atoms with Gasteiger partial charge < -0.3 is 9.64 Å². The van der Waals surface area contributed by atoms with Gasteiger partial charge in [0.05, 0.1) is 6.10 Å². The third-order valence-corrected chi connectivity index (χ3v) is 2.92. The van der Waals surface area contributed by atoms with Gasteiger partial charge in [-0.15, -0.1) is 0 Å². The second kappa shape index (κ2) is 5.79. The zero-order valence-corrected chi connectivity index (χ0v) is 10.1. The Bertz CT molecular complexity index is 353. The van der Waals surface area contributed by atoms with Crippen LogP contribution in [0.3, 0.4) is 0 Å². The summed E-state index contributed by atoms with van der Waals surface area (Å²) in [5, 5.41) is 0. The van der Waals surface area contributed by atoms with E-state index in [2.05, 4.69) is 27.2 Å². The molecule has 0 saturated carbocycles. The topological polar surface area (TPSA) is 76.3 Å². The monoisotopic (exact) mass is 237 g/mol. The normalized spacial score (nSPS) is 19.3. The maximum absolute atomic E-state index is 5.64. The molecule has 6 heteroatoms. The quantitative estimate of drug-likeness (QED) is 0.582. The van der Waals surface area contributed by atoms with Crippen LogP contribution in [0.25, 0.3) is 0 Å². The van der Waals surface area contributed by atoms with Crippen LogP contribution >= 0.6 is 0 Å². The molecule has 1 aromatic heterocycles. The number of hydrogen-bond acceptors (Lipinski definition) is 6. The number of hydrazine groups is 1. The second-order valence-corrected chi connectivity index (χ2v) is 4.06. The molecule has 0 aromatic carbocycles. The Kier molecular flexibility index (Phi) is 4.11. The van der Waals surface area contributed by atoms with E-state index >= 15 is 0 Å². The van der Waals surface area contributed by atoms with E-state index in [9.17, 15) is 0 Å². The summed E-state index contributed by atoms with van der Waals surface area (Å²) < 4.78 is 5.64. The number of anilines is 2. The summed E-state index contributed by atoms with van der Waals surface area (Å²) >= 11 is 0. The maximum Gasteiger partial charge on any atom is 0.239 e. The van der Waals surface area contributed by atoms with Crippen molar-refractivity contribution < 1.29 is 4.74 Å². The van der Waals surface area contributed by atoms with Crippen LogP contribution in [0.1, 0.15) is 19.8 Å². The van der Waals surface area contributed by atoms with Gasteiger partial charge in [0.25, 0.3) is 0 Å². The van der Waals surface area contributed by atoms with E-state index in [1.165, 1.54) is 0 Å². The summed E-state index contributed by atoms with van der Waals surface area (Å²) in [6, 6.07) is 1.89. The number of nitrogens with zero attached hydrogens (tertiary/aromatic N) is 3. The lowest BCUT2D eigenvalue weighted by atomic mass is 10.2. The molecule has 0 bridgehead atoms. The molecule has 1 fully saturated rings. The van der Waals surface area contributed by atoms with Crippen molar-refractivity contribution in [3.8, 4) is 0 Å². The van der Waals surface area contributed by atoms with Gasteiger partial charge in [0.2, 0.25) is 5.95 Å². The highest BCUT2D eigenvalue weighted by atomic mass is 16.5. The molecule has 94 valence electrons. The van der Waals surface area contributed by atoms with Gasteiger partial charge in [-0.1, -0.05) is 0 Å². The predicted molar refractivity (Wildman–Crippen MR) is 66.7 cm³/mol. The van der Waals surface area contributed by atoms with E-state index < -0.39 is 0 Å². The van der Waals surface area contributed by atoms with Crippen LogP contribution in [0.5, 0.6) is 0 Å². The number of hydrogen-bond donors (Lipinski definition) is 2. The van der Waals surface area contributed by atoms with Crippen molar-refractivity contribution >= 4 is 11.8 Å². The van der Waals surface area contributed by atoms with Gasteiger partial charge in [-0.2, -0.15) is 4.98 Å². The Labute approximate surface area is 101 Å². The average Bonchev–Trinajstić information content (AvgIpc) is 2.89. The standard InChI is InChI=1S/C11H19N5O/c1-2-16(8-9-4-3-7-17-9)10-5-6-13-11(14-10)15-12/h5-6,9H,2-4,7-8,12H2,1H3,(H,13,14,15). The second-order valence-electron chi connectivity index (χ2n) is 4.06. The lowest BCUT2D eigenvalue weighted by Crippen LogP contribution is -2.32. The number of aromatic nitrogens is 2. The molecule has 1 aromatic rings. The first-order chi connectivity index (χ1) is 8.33. The minimum atomic E-state index is 0.319. The summed E-state index contributed by atoms with van der Waals surface area (Å²) in [5.74, 6) is 6.62. The van der Waals surface area contributed by atoms with Gasteiger partial charge in [0.15, 0.2) is 0 Å². The van der Waals surface area contributed by atoms with Crippen molar-refractivity contribution in [2.45, 2.75) is 25.9 Å². The smallest absolute Gasteiger partial charge is 0.239 e. The lowest BCUT2D eigenvalue weighted by Gasteiger charge is -2.24. The lowest BCUT2D eigenvalue weighted by molar-refractivity contribution is 0.115. The summed E-state index contributed by atoms with van der Waals surface area (Å²) in [6.45, 7) is 4.74. The molecule has 1 unspecified atom stereocenters. The highest BCUT2D eigenvalue weighted by Gasteiger charge is 2.19. The summed E-state index contributed by atoms with van der Waals surface area (Å²) in [6.07, 6.45) is 4.31. The number of ether oxygens (including phenoxy) is 1. The third kappa shape index (κ3) is 3.04. The number of nitrogen functional groups attached to an aromatic ring is 1. The van der Waals surface area contributed by atoms with E-state index in [-0.39, 0.29) is 0 Å². The van der Waals surface area contributed by atoms with Crippen LogP contribution in [0, 0.1) is 0 Å². The summed E-state index contributed by atoms with van der Waals surface area (Å²) in [7, 11) is 0. The molecule has 6 nitrogen and oxygen atoms in total. The Morgan fingerprint density at radius 1 is 1.65 bits per heavy atom. The molecule has 0 radical (unpaired) electrons. The van der Waals surface area contributed by atoms with Crippen LogP contribution in [-0.4, -0.2) is 35.8 Å². The Hall–Kier alpha value is -1.40. The van der Waals surface area contributed by atoms with Gasteiger partial charge in [-0.05, 0) is 25.8 Å². The molecule has 3 N–H and O–H groups in total. The fraction of sp³-hybridized carbons (Fsp3) is 0.636. The van der Waals surface area contributed by atoms with Gasteiger partial charge in [0, 0.05) is 25.9 Å². The minimum Gasteiger partial charge on any atom is -0.376 e. The highest BCUT2D eigenvalue weighted by Crippen LogP contribution is 2.17. The zero-order chi connectivity index (χ0) is 12.1. The number of rotatable bonds is 5. The molecule has 0 spiro atoms. The molecule has 1 saturated heterocycles. The van der Waals surface area contributed by atoms with Crippen LogP contribution in [0.15, 0.2) is 12.3 Å². The molecule has 17 heavy (non-hydrogen) atoms. The van der Waals surface area contributed by atoms with E-state index in [0.717, 1.165) is 38.4 Å². The third-order valence-electron chi connectivity index (χ3n) is 2.92. The van der Waals surface area contributed by atoms with Crippen molar-refractivity contribution in [2.24, 2.45) is 5.84 Å². The van der Waals surface area contributed by atoms with Gasteiger partial charge >= 0.3 is 0 Å². The molecule has 1 aliphatic heterocycles. The average molecular weight is 237 g/mol. The zero-order valence-electron chi connectivity index (χ0n) is 10.1. The molecule has 1 aliphatic rings. The SMILES string of the molecule is CCN(CC1CCCO1)c1ccnc(NN)n1. The van der Waals surface area contributed by atoms with Crippen molar-refractivity contribution in [1.29, 1.82) is 0 Å². The molecule has 0 amide bonds. The van der Waals surface area contributed by atoms with E-state index in [0.29, 0.717) is 12.1 Å². The van der Waals surface area contributed by atoms with E-state index in [1.54, 1.807) is 6.20 Å². The maximum atomic E-state index is 5.64. The van der Waals surface area contributed by atoms with Crippen molar-refractivity contribution in [2.75, 3.05) is 30.0 Å². The molecule has 2 heterocycles. The summed E-state index contributed by atoms with van der Waals surface area (Å²) in [4.78, 5) is 10.5. The number of nitrogens with one attached hydrogen (secondary N) is 1. The van der Waals surface area contributed by atoms with Crippen molar-refractivity contribution in [3.05, 3.63) is 12.3 Å². The fourth-order valence-corrected chi connectivity index (χ4v) is 2.01.